The van der Waals surface area contributed by atoms with Gasteiger partial charge in [-0.2, -0.15) is 5.10 Å². The van der Waals surface area contributed by atoms with Gasteiger partial charge in [-0.1, -0.05) is 13.8 Å². The Bertz CT molecular complexity index is 503. The molecule has 0 spiro atoms. The Labute approximate surface area is 128 Å². The molecule has 3 nitrogen and oxygen atoms in total. The molecule has 2 rings (SSSR count). The van der Waals surface area contributed by atoms with Gasteiger partial charge in [0.15, 0.2) is 0 Å². The molecule has 19 heavy (non-hydrogen) atoms. The van der Waals surface area contributed by atoms with Crippen LogP contribution < -0.4 is 4.74 Å². The normalized spacial score (nSPS) is 10.9. The first-order chi connectivity index (χ1) is 9.22. The molecule has 0 atom stereocenters. The molecule has 0 fully saturated rings. The van der Waals surface area contributed by atoms with E-state index in [4.69, 9.17) is 4.74 Å². The summed E-state index contributed by atoms with van der Waals surface area (Å²) < 4.78 is 8.99. The zero-order chi connectivity index (χ0) is 13.7. The van der Waals surface area contributed by atoms with Crippen LogP contribution in [0.15, 0.2) is 36.5 Å². The number of hydrogen-bond donors (Lipinski definition) is 0. The van der Waals surface area contributed by atoms with E-state index in [2.05, 4.69) is 41.5 Å². The van der Waals surface area contributed by atoms with Gasteiger partial charge in [-0.3, -0.25) is 4.68 Å². The lowest BCUT2D eigenvalue weighted by atomic mass is 10.2. The maximum absolute atomic E-state index is 5.73. The fourth-order valence-electron chi connectivity index (χ4n) is 2.01. The van der Waals surface area contributed by atoms with Crippen molar-refractivity contribution in [2.75, 3.05) is 0 Å². The van der Waals surface area contributed by atoms with Gasteiger partial charge in [-0.15, -0.1) is 0 Å². The molecule has 4 heteroatoms. The predicted molar refractivity (Wildman–Crippen MR) is 85.3 cm³/mol. The minimum Gasteiger partial charge on any atom is -0.487 e. The summed E-state index contributed by atoms with van der Waals surface area (Å²) in [5.74, 6) is 0.887. The summed E-state index contributed by atoms with van der Waals surface area (Å²) in [6.07, 6.45) is 4.26. The van der Waals surface area contributed by atoms with Crippen molar-refractivity contribution in [3.8, 4) is 5.75 Å². The van der Waals surface area contributed by atoms with Crippen LogP contribution >= 0.6 is 22.6 Å². The number of hydrogen-bond acceptors (Lipinski definition) is 2. The van der Waals surface area contributed by atoms with Crippen LogP contribution in [-0.4, -0.2) is 9.78 Å². The second-order valence-electron chi connectivity index (χ2n) is 4.50. The number of benzene rings is 1. The molecule has 0 aliphatic rings. The summed E-state index contributed by atoms with van der Waals surface area (Å²) in [6.45, 7) is 4.91. The lowest BCUT2D eigenvalue weighted by Crippen LogP contribution is -2.08. The fourth-order valence-corrected chi connectivity index (χ4v) is 2.37. The zero-order valence-corrected chi connectivity index (χ0v) is 13.5. The first-order valence-electron chi connectivity index (χ1n) is 6.65. The molecule has 0 N–H and O–H groups in total. The summed E-state index contributed by atoms with van der Waals surface area (Å²) in [5.41, 5.74) is 0.977. The van der Waals surface area contributed by atoms with Crippen LogP contribution in [-0.2, 0) is 6.61 Å². The number of ether oxygens (including phenoxy) is 1. The lowest BCUT2D eigenvalue weighted by Gasteiger charge is -2.12. The lowest BCUT2D eigenvalue weighted by molar-refractivity contribution is 0.297. The summed E-state index contributed by atoms with van der Waals surface area (Å²) >= 11 is 2.28. The van der Waals surface area contributed by atoms with E-state index in [1.165, 1.54) is 3.57 Å². The largest absolute Gasteiger partial charge is 0.487 e. The monoisotopic (exact) mass is 370 g/mol. The van der Waals surface area contributed by atoms with E-state index in [1.54, 1.807) is 0 Å². The first kappa shape index (κ1) is 14.4. The maximum Gasteiger partial charge on any atom is 0.132 e. The molecule has 0 saturated carbocycles. The van der Waals surface area contributed by atoms with Crippen molar-refractivity contribution in [1.82, 2.24) is 9.78 Å². The fraction of sp³-hybridized carbons (Fsp3) is 0.400. The second-order valence-corrected chi connectivity index (χ2v) is 5.75. The molecular formula is C15H19IN2O. The molecule has 0 saturated heterocycles. The Balaban J connectivity index is 1.95. The van der Waals surface area contributed by atoms with Gasteiger partial charge in [-0.25, -0.2) is 0 Å². The Morgan fingerprint density at radius 3 is 2.47 bits per heavy atom. The molecule has 1 heterocycles. The predicted octanol–water partition coefficient (Wildman–Crippen LogP) is 4.43. The van der Waals surface area contributed by atoms with Crippen LogP contribution in [0, 0.1) is 3.57 Å². The minimum atomic E-state index is 0.493. The zero-order valence-electron chi connectivity index (χ0n) is 11.3. The Morgan fingerprint density at radius 2 is 1.84 bits per heavy atom. The Kier molecular flexibility index (Phi) is 5.24. The highest BCUT2D eigenvalue weighted by atomic mass is 127. The second kappa shape index (κ2) is 6.93. The molecule has 0 unspecified atom stereocenters. The Morgan fingerprint density at radius 1 is 1.16 bits per heavy atom. The van der Waals surface area contributed by atoms with Gasteiger partial charge in [0.25, 0.3) is 0 Å². The highest BCUT2D eigenvalue weighted by Gasteiger charge is 2.08. The van der Waals surface area contributed by atoms with Gasteiger partial charge in [0.05, 0.1) is 11.7 Å². The molecule has 1 aromatic heterocycles. The standard InChI is InChI=1S/C15H19IN2O/c1-3-14(4-2)18-10-9-13(17-18)11-19-15-7-5-12(16)6-8-15/h5-10,14H,3-4,11H2,1-2H3. The average molecular weight is 370 g/mol. The topological polar surface area (TPSA) is 27.1 Å². The molecule has 2 aromatic rings. The van der Waals surface area contributed by atoms with Gasteiger partial charge in [0.1, 0.15) is 12.4 Å². The highest BCUT2D eigenvalue weighted by molar-refractivity contribution is 14.1. The van der Waals surface area contributed by atoms with E-state index in [0.717, 1.165) is 24.3 Å². The summed E-state index contributed by atoms with van der Waals surface area (Å²) in [4.78, 5) is 0. The van der Waals surface area contributed by atoms with E-state index >= 15 is 0 Å². The van der Waals surface area contributed by atoms with E-state index in [0.29, 0.717) is 12.6 Å². The average Bonchev–Trinajstić information content (AvgIpc) is 2.88. The van der Waals surface area contributed by atoms with Crippen molar-refractivity contribution in [2.45, 2.75) is 39.3 Å². The molecular weight excluding hydrogens is 351 g/mol. The number of nitrogens with zero attached hydrogens (tertiary/aromatic N) is 2. The first-order valence-corrected chi connectivity index (χ1v) is 7.73. The smallest absolute Gasteiger partial charge is 0.132 e. The summed E-state index contributed by atoms with van der Waals surface area (Å²) in [7, 11) is 0. The van der Waals surface area contributed by atoms with Crippen LogP contribution in [0.1, 0.15) is 38.4 Å². The van der Waals surface area contributed by atoms with Gasteiger partial charge in [0, 0.05) is 9.77 Å². The molecule has 1 aromatic carbocycles. The van der Waals surface area contributed by atoms with Gasteiger partial charge in [-0.05, 0) is 65.8 Å². The third-order valence-electron chi connectivity index (χ3n) is 3.18. The molecule has 0 aliphatic heterocycles. The highest BCUT2D eigenvalue weighted by Crippen LogP contribution is 2.17. The quantitative estimate of drug-likeness (QED) is 0.704. The van der Waals surface area contributed by atoms with Crippen LogP contribution in [0.2, 0.25) is 0 Å². The number of halogens is 1. The molecule has 102 valence electrons. The van der Waals surface area contributed by atoms with Crippen molar-refractivity contribution in [1.29, 1.82) is 0 Å². The van der Waals surface area contributed by atoms with Gasteiger partial charge in [0.2, 0.25) is 0 Å². The van der Waals surface area contributed by atoms with Crippen LogP contribution in [0.25, 0.3) is 0 Å². The summed E-state index contributed by atoms with van der Waals surface area (Å²) in [6, 6.07) is 10.6. The summed E-state index contributed by atoms with van der Waals surface area (Å²) in [5, 5.41) is 4.58. The van der Waals surface area contributed by atoms with Crippen molar-refractivity contribution in [3.63, 3.8) is 0 Å². The van der Waals surface area contributed by atoms with Crippen molar-refractivity contribution in [2.24, 2.45) is 0 Å². The minimum absolute atomic E-state index is 0.493. The number of aromatic nitrogens is 2. The molecule has 0 aliphatic carbocycles. The maximum atomic E-state index is 5.73. The number of rotatable bonds is 6. The molecule has 0 amide bonds. The Hall–Kier alpha value is -1.04. The van der Waals surface area contributed by atoms with E-state index < -0.39 is 0 Å². The van der Waals surface area contributed by atoms with Gasteiger partial charge >= 0.3 is 0 Å². The third kappa shape index (κ3) is 3.96. The van der Waals surface area contributed by atoms with E-state index in [1.807, 2.05) is 41.2 Å². The van der Waals surface area contributed by atoms with Crippen LogP contribution in [0.4, 0.5) is 0 Å². The van der Waals surface area contributed by atoms with Crippen LogP contribution in [0.3, 0.4) is 0 Å². The van der Waals surface area contributed by atoms with E-state index in [-0.39, 0.29) is 0 Å². The van der Waals surface area contributed by atoms with Crippen molar-refractivity contribution < 1.29 is 4.74 Å². The van der Waals surface area contributed by atoms with Gasteiger partial charge < -0.3 is 4.74 Å². The van der Waals surface area contributed by atoms with Crippen molar-refractivity contribution >= 4 is 22.6 Å². The molecule has 0 bridgehead atoms. The van der Waals surface area contributed by atoms with E-state index in [9.17, 15) is 0 Å². The SMILES string of the molecule is CCC(CC)n1ccc(COc2ccc(I)cc2)n1. The van der Waals surface area contributed by atoms with Crippen molar-refractivity contribution in [3.05, 3.63) is 45.8 Å². The molecule has 0 radical (unpaired) electrons. The van der Waals surface area contributed by atoms with Crippen LogP contribution in [0.5, 0.6) is 5.75 Å². The third-order valence-corrected chi connectivity index (χ3v) is 3.90.